The molecular weight excluding hydrogens is 334 g/mol. The summed E-state index contributed by atoms with van der Waals surface area (Å²) in [4.78, 5) is 20.4. The lowest BCUT2D eigenvalue weighted by Crippen LogP contribution is -2.24. The van der Waals surface area contributed by atoms with Gasteiger partial charge in [0.25, 0.3) is 0 Å². The number of aromatic nitrogens is 2. The first kappa shape index (κ1) is 15.9. The Bertz CT molecular complexity index is 858. The molecule has 0 radical (unpaired) electrons. The fourth-order valence-electron chi connectivity index (χ4n) is 3.68. The molecule has 0 spiro atoms. The average Bonchev–Trinajstić information content (AvgIpc) is 3.29. The number of amides is 2. The van der Waals surface area contributed by atoms with Crippen LogP contribution in [0.25, 0.3) is 0 Å². The van der Waals surface area contributed by atoms with Crippen LogP contribution in [-0.4, -0.2) is 16.0 Å². The second-order valence-electron chi connectivity index (χ2n) is 6.21. The van der Waals surface area contributed by atoms with Crippen molar-refractivity contribution in [2.45, 2.75) is 43.6 Å². The summed E-state index contributed by atoms with van der Waals surface area (Å²) >= 11 is 1.01. The maximum Gasteiger partial charge on any atom is 0.329 e. The van der Waals surface area contributed by atoms with Gasteiger partial charge in [0, 0.05) is 30.0 Å². The zero-order chi connectivity index (χ0) is 17.2. The number of urea groups is 1. The van der Waals surface area contributed by atoms with Gasteiger partial charge in [0.05, 0.1) is 0 Å². The lowest BCUT2D eigenvalue weighted by Gasteiger charge is -2.16. The van der Waals surface area contributed by atoms with E-state index in [4.69, 9.17) is 5.26 Å². The van der Waals surface area contributed by atoms with E-state index < -0.39 is 0 Å². The molecule has 0 bridgehead atoms. The number of carbonyl (C=O) groups excluding carboxylic acids is 1. The number of nitrogens with one attached hydrogen (secondary N) is 2. The predicted octanol–water partition coefficient (Wildman–Crippen LogP) is 3.15. The topological polar surface area (TPSA) is 90.7 Å². The molecule has 2 aliphatic carbocycles. The highest BCUT2D eigenvalue weighted by atomic mass is 32.2. The molecule has 2 aromatic rings. The number of nitriles is 1. The van der Waals surface area contributed by atoms with Gasteiger partial charge in [-0.1, -0.05) is 6.07 Å². The van der Waals surface area contributed by atoms with Gasteiger partial charge >= 0.3 is 6.03 Å². The third kappa shape index (κ3) is 3.05. The van der Waals surface area contributed by atoms with Crippen LogP contribution in [0.1, 0.15) is 40.8 Å². The molecular formula is C18H17N5OS. The summed E-state index contributed by atoms with van der Waals surface area (Å²) in [6.45, 7) is 0. The number of hydrogen-bond donors (Lipinski definition) is 2. The maximum atomic E-state index is 12.4. The normalized spacial score (nSPS) is 14.5. The van der Waals surface area contributed by atoms with Gasteiger partial charge in [-0.3, -0.25) is 4.72 Å². The highest BCUT2D eigenvalue weighted by Crippen LogP contribution is 2.38. The number of carbonyl (C=O) groups is 1. The Labute approximate surface area is 150 Å². The third-order valence-electron chi connectivity index (χ3n) is 4.72. The van der Waals surface area contributed by atoms with Gasteiger partial charge in [-0.15, -0.1) is 0 Å². The van der Waals surface area contributed by atoms with E-state index in [1.807, 2.05) is 6.07 Å². The van der Waals surface area contributed by atoms with Gasteiger partial charge in [-0.25, -0.2) is 14.8 Å². The van der Waals surface area contributed by atoms with Crippen LogP contribution in [0.2, 0.25) is 0 Å². The summed E-state index contributed by atoms with van der Waals surface area (Å²) < 4.78 is 2.72. The summed E-state index contributed by atoms with van der Waals surface area (Å²) in [6, 6.07) is 4.01. The lowest BCUT2D eigenvalue weighted by molar-refractivity contribution is 0.257. The van der Waals surface area contributed by atoms with Gasteiger partial charge in [0.2, 0.25) is 0 Å². The van der Waals surface area contributed by atoms with E-state index in [2.05, 4.69) is 26.1 Å². The number of nitrogens with zero attached hydrogens (tertiary/aromatic N) is 3. The van der Waals surface area contributed by atoms with E-state index in [1.54, 1.807) is 0 Å². The van der Waals surface area contributed by atoms with Crippen molar-refractivity contribution in [3.63, 3.8) is 0 Å². The summed E-state index contributed by atoms with van der Waals surface area (Å²) in [7, 11) is 0. The number of fused-ring (bicyclic) bond motifs is 2. The molecule has 126 valence electrons. The summed E-state index contributed by atoms with van der Waals surface area (Å²) in [5.74, 6) is 0. The van der Waals surface area contributed by atoms with Crippen molar-refractivity contribution in [2.24, 2.45) is 0 Å². The molecule has 2 amide bonds. The minimum atomic E-state index is -0.297. The number of rotatable bonds is 3. The Morgan fingerprint density at radius 1 is 1.08 bits per heavy atom. The molecule has 2 N–H and O–H groups in total. The number of hydrogen-bond acceptors (Lipinski definition) is 5. The molecule has 0 saturated heterocycles. The SMILES string of the molecule is N#Cc1nccnc1SNC(=O)Nc1c2c(cc3c1CCC3)CCC2. The highest BCUT2D eigenvalue weighted by Gasteiger charge is 2.25. The van der Waals surface area contributed by atoms with E-state index in [0.717, 1.165) is 56.2 Å². The number of aryl methyl sites for hydroxylation is 2. The first-order chi connectivity index (χ1) is 12.3. The van der Waals surface area contributed by atoms with Crippen LogP contribution >= 0.6 is 11.9 Å². The second kappa shape index (κ2) is 6.73. The van der Waals surface area contributed by atoms with Crippen molar-refractivity contribution in [3.05, 3.63) is 46.4 Å². The molecule has 1 aromatic heterocycles. The van der Waals surface area contributed by atoms with E-state index >= 15 is 0 Å². The Balaban J connectivity index is 1.51. The standard InChI is InChI=1S/C18H17N5OS/c19-10-15-17(21-8-7-20-15)25-23-18(24)22-16-13-5-1-3-11(13)9-12-4-2-6-14(12)16/h7-9H,1-6H2,(H2,22,23,24). The van der Waals surface area contributed by atoms with E-state index in [0.29, 0.717) is 5.03 Å². The van der Waals surface area contributed by atoms with Crippen LogP contribution in [0.4, 0.5) is 10.5 Å². The monoisotopic (exact) mass is 351 g/mol. The van der Waals surface area contributed by atoms with Crippen molar-refractivity contribution in [3.8, 4) is 6.07 Å². The first-order valence-electron chi connectivity index (χ1n) is 8.37. The van der Waals surface area contributed by atoms with Crippen molar-refractivity contribution in [2.75, 3.05) is 5.32 Å². The fraction of sp³-hybridized carbons (Fsp3) is 0.333. The molecule has 2 aliphatic rings. The fourth-order valence-corrected chi connectivity index (χ4v) is 4.23. The van der Waals surface area contributed by atoms with E-state index in [-0.39, 0.29) is 11.7 Å². The van der Waals surface area contributed by atoms with Crippen molar-refractivity contribution in [1.29, 1.82) is 5.26 Å². The summed E-state index contributed by atoms with van der Waals surface area (Å²) in [5.41, 5.74) is 6.54. The number of benzene rings is 1. The second-order valence-corrected chi connectivity index (χ2v) is 7.01. The lowest BCUT2D eigenvalue weighted by atomic mass is 9.99. The largest absolute Gasteiger partial charge is 0.329 e. The zero-order valence-corrected chi connectivity index (χ0v) is 14.4. The molecule has 0 unspecified atom stereocenters. The maximum absolute atomic E-state index is 12.4. The molecule has 1 heterocycles. The van der Waals surface area contributed by atoms with Gasteiger partial charge in [-0.05, 0) is 60.8 Å². The molecule has 4 rings (SSSR count). The third-order valence-corrected chi connectivity index (χ3v) is 5.50. The zero-order valence-electron chi connectivity index (χ0n) is 13.6. The Morgan fingerprint density at radius 2 is 1.76 bits per heavy atom. The Morgan fingerprint density at radius 3 is 2.44 bits per heavy atom. The van der Waals surface area contributed by atoms with Crippen molar-refractivity contribution >= 4 is 23.7 Å². The molecule has 0 saturated carbocycles. The molecule has 1 aromatic carbocycles. The smallest absolute Gasteiger partial charge is 0.307 e. The Hall–Kier alpha value is -2.59. The van der Waals surface area contributed by atoms with Crippen LogP contribution in [0.15, 0.2) is 23.5 Å². The van der Waals surface area contributed by atoms with Crippen molar-refractivity contribution in [1.82, 2.24) is 14.7 Å². The number of anilines is 1. The first-order valence-corrected chi connectivity index (χ1v) is 9.19. The Kier molecular flexibility index (Phi) is 4.28. The molecule has 25 heavy (non-hydrogen) atoms. The molecule has 7 heteroatoms. The average molecular weight is 351 g/mol. The molecule has 0 aliphatic heterocycles. The minimum absolute atomic E-state index is 0.203. The summed E-state index contributed by atoms with van der Waals surface area (Å²) in [6.07, 6.45) is 9.49. The quantitative estimate of drug-likeness (QED) is 0.829. The van der Waals surface area contributed by atoms with Crippen molar-refractivity contribution < 1.29 is 4.79 Å². The van der Waals surface area contributed by atoms with Gasteiger partial charge in [0.1, 0.15) is 6.07 Å². The molecule has 6 nitrogen and oxygen atoms in total. The molecule has 0 fully saturated rings. The van der Waals surface area contributed by atoms with Gasteiger partial charge < -0.3 is 5.32 Å². The van der Waals surface area contributed by atoms with Crippen LogP contribution in [0.3, 0.4) is 0 Å². The van der Waals surface area contributed by atoms with Crippen LogP contribution in [0, 0.1) is 11.3 Å². The van der Waals surface area contributed by atoms with Crippen LogP contribution in [0.5, 0.6) is 0 Å². The summed E-state index contributed by atoms with van der Waals surface area (Å²) in [5, 5.41) is 12.5. The van der Waals surface area contributed by atoms with Crippen LogP contribution in [-0.2, 0) is 25.7 Å². The predicted molar refractivity (Wildman–Crippen MR) is 95.3 cm³/mol. The van der Waals surface area contributed by atoms with E-state index in [1.165, 1.54) is 34.6 Å². The minimum Gasteiger partial charge on any atom is -0.307 e. The molecule has 0 atom stereocenters. The van der Waals surface area contributed by atoms with Gasteiger partial charge in [0.15, 0.2) is 10.7 Å². The highest BCUT2D eigenvalue weighted by molar-refractivity contribution is 7.97. The van der Waals surface area contributed by atoms with Crippen LogP contribution < -0.4 is 10.0 Å². The van der Waals surface area contributed by atoms with E-state index in [9.17, 15) is 4.79 Å². The van der Waals surface area contributed by atoms with Gasteiger partial charge in [-0.2, -0.15) is 5.26 Å².